The van der Waals surface area contributed by atoms with Crippen LogP contribution in [0.25, 0.3) is 0 Å². The molecule has 1 atom stereocenters. The van der Waals surface area contributed by atoms with Crippen molar-refractivity contribution in [2.75, 3.05) is 0 Å². The van der Waals surface area contributed by atoms with Gasteiger partial charge in [-0.1, -0.05) is 12.1 Å². The smallest absolute Gasteiger partial charge is 0.416 e. The Morgan fingerprint density at radius 2 is 1.76 bits per heavy atom. The van der Waals surface area contributed by atoms with E-state index in [9.17, 15) is 37.5 Å². The van der Waals surface area contributed by atoms with Gasteiger partial charge in [-0.2, -0.15) is 13.2 Å². The summed E-state index contributed by atoms with van der Waals surface area (Å²) >= 11 is 0. The van der Waals surface area contributed by atoms with Gasteiger partial charge in [-0.05, 0) is 55.7 Å². The Hall–Kier alpha value is -3.37. The minimum Gasteiger partial charge on any atom is -0.477 e. The van der Waals surface area contributed by atoms with E-state index in [0.29, 0.717) is 25.7 Å². The largest absolute Gasteiger partial charge is 0.477 e. The summed E-state index contributed by atoms with van der Waals surface area (Å²) in [6, 6.07) is 2.20. The fraction of sp³-hybridized carbons (Fsp3) is 0.478. The Morgan fingerprint density at radius 3 is 2.35 bits per heavy atom. The second-order valence-electron chi connectivity index (χ2n) is 8.84. The first-order chi connectivity index (χ1) is 16.0. The summed E-state index contributed by atoms with van der Waals surface area (Å²) in [5.74, 6) is -1.68. The SMILES string of the molecule is CC(=O)NC1CCC(n2cc(C(=O)O)c(=O)n([C@@H]3CCc4c3cccc4C(F)(F)F)c2=O)CC1. The number of nitrogens with zero attached hydrogens (tertiary/aromatic N) is 2. The number of fused-ring (bicyclic) bond motifs is 1. The Balaban J connectivity index is 1.78. The molecular weight excluding hydrogens is 455 g/mol. The number of aromatic nitrogens is 2. The highest BCUT2D eigenvalue weighted by molar-refractivity contribution is 5.86. The molecule has 34 heavy (non-hydrogen) atoms. The maximum absolute atomic E-state index is 13.5. The van der Waals surface area contributed by atoms with Crippen molar-refractivity contribution < 1.29 is 27.9 Å². The number of carbonyl (C=O) groups is 2. The molecule has 0 aliphatic heterocycles. The number of alkyl halides is 3. The number of halogens is 3. The molecule has 1 fully saturated rings. The predicted octanol–water partition coefficient (Wildman–Crippen LogP) is 2.88. The van der Waals surface area contributed by atoms with Crippen molar-refractivity contribution in [3.8, 4) is 0 Å². The third-order valence-corrected chi connectivity index (χ3v) is 6.73. The molecule has 8 nitrogen and oxygen atoms in total. The van der Waals surface area contributed by atoms with Gasteiger partial charge in [0.05, 0.1) is 11.6 Å². The summed E-state index contributed by atoms with van der Waals surface area (Å²) in [6.07, 6.45) is -1.37. The molecule has 2 aliphatic carbocycles. The molecule has 1 aromatic carbocycles. The van der Waals surface area contributed by atoms with Gasteiger partial charge in [-0.3, -0.25) is 18.7 Å². The Labute approximate surface area is 192 Å². The molecular formula is C23H24F3N3O5. The van der Waals surface area contributed by atoms with Crippen LogP contribution in [0.4, 0.5) is 13.2 Å². The molecule has 2 aliphatic rings. The molecule has 1 heterocycles. The quantitative estimate of drug-likeness (QED) is 0.701. The van der Waals surface area contributed by atoms with E-state index in [-0.39, 0.29) is 35.9 Å². The summed E-state index contributed by atoms with van der Waals surface area (Å²) < 4.78 is 42.5. The molecule has 0 unspecified atom stereocenters. The van der Waals surface area contributed by atoms with E-state index in [1.807, 2.05) is 0 Å². The first kappa shape index (κ1) is 23.8. The maximum Gasteiger partial charge on any atom is 0.416 e. The Bertz CT molecular complexity index is 1260. The molecule has 1 amide bonds. The average Bonchev–Trinajstić information content (AvgIpc) is 3.17. The summed E-state index contributed by atoms with van der Waals surface area (Å²) in [6.45, 7) is 1.41. The second kappa shape index (κ2) is 8.77. The lowest BCUT2D eigenvalue weighted by Gasteiger charge is -2.31. The highest BCUT2D eigenvalue weighted by Gasteiger charge is 2.39. The molecule has 11 heteroatoms. The van der Waals surface area contributed by atoms with Gasteiger partial charge in [0.15, 0.2) is 0 Å². The van der Waals surface area contributed by atoms with Crippen LogP contribution in [-0.4, -0.2) is 32.2 Å². The highest BCUT2D eigenvalue weighted by Crippen LogP contribution is 2.41. The minimum atomic E-state index is -4.58. The lowest BCUT2D eigenvalue weighted by Crippen LogP contribution is -2.46. The van der Waals surface area contributed by atoms with Gasteiger partial charge in [-0.15, -0.1) is 0 Å². The number of hydrogen-bond donors (Lipinski definition) is 2. The van der Waals surface area contributed by atoms with Gasteiger partial charge in [0.1, 0.15) is 5.56 Å². The number of carboxylic acids is 1. The van der Waals surface area contributed by atoms with Gasteiger partial charge in [-0.25, -0.2) is 9.59 Å². The molecule has 0 bridgehead atoms. The van der Waals surface area contributed by atoms with Crippen LogP contribution >= 0.6 is 0 Å². The number of carboxylic acid groups (broad SMARTS) is 1. The standard InChI is InChI=1S/C23H24F3N3O5/c1-12(30)27-13-5-7-14(8-6-13)28-11-17(21(32)33)20(31)29(22(28)34)19-10-9-15-16(19)3-2-4-18(15)23(24,25)26/h2-4,11,13-14,19H,5-10H2,1H3,(H,27,30)(H,32,33)/t13?,14?,19-/m1/s1. The van der Waals surface area contributed by atoms with Gasteiger partial charge in [0.2, 0.25) is 5.91 Å². The van der Waals surface area contributed by atoms with E-state index in [1.54, 1.807) is 0 Å². The van der Waals surface area contributed by atoms with Crippen molar-refractivity contribution in [1.82, 2.24) is 14.5 Å². The molecule has 0 radical (unpaired) electrons. The van der Waals surface area contributed by atoms with Crippen LogP contribution in [0.3, 0.4) is 0 Å². The van der Waals surface area contributed by atoms with Gasteiger partial charge in [0, 0.05) is 25.2 Å². The van der Waals surface area contributed by atoms with Crippen LogP contribution in [0.2, 0.25) is 0 Å². The number of rotatable bonds is 4. The van der Waals surface area contributed by atoms with Crippen molar-refractivity contribution >= 4 is 11.9 Å². The zero-order chi connectivity index (χ0) is 24.8. The van der Waals surface area contributed by atoms with Crippen molar-refractivity contribution in [2.45, 2.75) is 69.8 Å². The Morgan fingerprint density at radius 1 is 1.09 bits per heavy atom. The highest BCUT2D eigenvalue weighted by atomic mass is 19.4. The molecule has 1 aromatic heterocycles. The fourth-order valence-corrected chi connectivity index (χ4v) is 5.23. The number of hydrogen-bond acceptors (Lipinski definition) is 4. The minimum absolute atomic E-state index is 0.0146. The number of amides is 1. The zero-order valence-corrected chi connectivity index (χ0v) is 18.4. The van der Waals surface area contributed by atoms with Crippen molar-refractivity contribution in [2.24, 2.45) is 0 Å². The summed E-state index contributed by atoms with van der Waals surface area (Å²) in [7, 11) is 0. The average molecular weight is 479 g/mol. The first-order valence-electron chi connectivity index (χ1n) is 11.1. The van der Waals surface area contributed by atoms with Crippen LogP contribution < -0.4 is 16.6 Å². The molecule has 4 rings (SSSR count). The fourth-order valence-electron chi connectivity index (χ4n) is 5.23. The van der Waals surface area contributed by atoms with Crippen LogP contribution in [0.1, 0.15) is 78.2 Å². The molecule has 2 N–H and O–H groups in total. The van der Waals surface area contributed by atoms with Gasteiger partial charge >= 0.3 is 17.8 Å². The van der Waals surface area contributed by atoms with Gasteiger partial charge in [0.25, 0.3) is 5.56 Å². The van der Waals surface area contributed by atoms with Crippen LogP contribution in [0.5, 0.6) is 0 Å². The summed E-state index contributed by atoms with van der Waals surface area (Å²) in [5.41, 5.74) is -2.97. The molecule has 182 valence electrons. The first-order valence-corrected chi connectivity index (χ1v) is 11.1. The second-order valence-corrected chi connectivity index (χ2v) is 8.84. The molecule has 0 spiro atoms. The van der Waals surface area contributed by atoms with E-state index in [4.69, 9.17) is 0 Å². The normalized spacial score (nSPS) is 22.3. The Kier molecular flexibility index (Phi) is 6.13. The molecule has 0 saturated heterocycles. The van der Waals surface area contributed by atoms with Crippen LogP contribution in [0, 0.1) is 0 Å². The number of nitrogens with one attached hydrogen (secondary N) is 1. The molecule has 1 saturated carbocycles. The van der Waals surface area contributed by atoms with Crippen LogP contribution in [-0.2, 0) is 17.4 Å². The van der Waals surface area contributed by atoms with E-state index in [1.165, 1.54) is 23.6 Å². The lowest BCUT2D eigenvalue weighted by atomic mass is 9.91. The topological polar surface area (TPSA) is 110 Å². The third-order valence-electron chi connectivity index (χ3n) is 6.73. The molecule has 2 aromatic rings. The number of carbonyl (C=O) groups excluding carboxylic acids is 1. The lowest BCUT2D eigenvalue weighted by molar-refractivity contribution is -0.138. The number of aromatic carboxylic acids is 1. The summed E-state index contributed by atoms with van der Waals surface area (Å²) in [5, 5.41) is 12.4. The van der Waals surface area contributed by atoms with E-state index in [2.05, 4.69) is 5.32 Å². The summed E-state index contributed by atoms with van der Waals surface area (Å²) in [4.78, 5) is 49.6. The third kappa shape index (κ3) is 4.26. The van der Waals surface area contributed by atoms with E-state index < -0.39 is 46.6 Å². The van der Waals surface area contributed by atoms with Gasteiger partial charge < -0.3 is 10.4 Å². The zero-order valence-electron chi connectivity index (χ0n) is 18.4. The monoisotopic (exact) mass is 479 g/mol. The van der Waals surface area contributed by atoms with E-state index in [0.717, 1.165) is 16.8 Å². The van der Waals surface area contributed by atoms with E-state index >= 15 is 0 Å². The predicted molar refractivity (Wildman–Crippen MR) is 115 cm³/mol. The van der Waals surface area contributed by atoms with Crippen LogP contribution in [0.15, 0.2) is 34.0 Å². The van der Waals surface area contributed by atoms with Crippen molar-refractivity contribution in [1.29, 1.82) is 0 Å². The number of benzene rings is 1. The van der Waals surface area contributed by atoms with Crippen molar-refractivity contribution in [3.63, 3.8) is 0 Å². The maximum atomic E-state index is 13.5. The van der Waals surface area contributed by atoms with Crippen molar-refractivity contribution in [3.05, 3.63) is 67.5 Å².